The number of benzene rings is 1. The molecule has 3 aromatic rings. The molecule has 0 aliphatic carbocycles. The molecule has 0 amide bonds. The van der Waals surface area contributed by atoms with Crippen LogP contribution in [0.1, 0.15) is 0 Å². The molecule has 0 fully saturated rings. The fourth-order valence-electron chi connectivity index (χ4n) is 2.26. The van der Waals surface area contributed by atoms with Gasteiger partial charge in [-0.15, -0.1) is 0 Å². The van der Waals surface area contributed by atoms with Gasteiger partial charge in [-0.1, -0.05) is 11.2 Å². The lowest BCUT2D eigenvalue weighted by Crippen LogP contribution is -1.93. The maximum atomic E-state index is 5.92. The summed E-state index contributed by atoms with van der Waals surface area (Å²) >= 11 is 0. The number of hydrogen-bond acceptors (Lipinski definition) is 7. The first-order chi connectivity index (χ1) is 10.3. The van der Waals surface area contributed by atoms with Gasteiger partial charge in [0.25, 0.3) is 0 Å². The largest absolute Gasteiger partial charge is 0.454 e. The first kappa shape index (κ1) is 11.7. The Labute approximate surface area is 119 Å². The molecule has 7 heteroatoms. The summed E-state index contributed by atoms with van der Waals surface area (Å²) in [6.07, 6.45) is 3.19. The molecular weight excluding hydrogens is 272 g/mol. The maximum absolute atomic E-state index is 5.92. The van der Waals surface area contributed by atoms with Crippen molar-refractivity contribution in [2.45, 2.75) is 0 Å². The molecule has 0 unspecified atom stereocenters. The summed E-state index contributed by atoms with van der Waals surface area (Å²) in [7, 11) is 0. The number of nitrogens with two attached hydrogens (primary N) is 1. The van der Waals surface area contributed by atoms with Crippen LogP contribution in [0.15, 0.2) is 41.2 Å². The van der Waals surface area contributed by atoms with E-state index in [0.29, 0.717) is 22.8 Å². The first-order valence-electron chi connectivity index (χ1n) is 6.25. The highest BCUT2D eigenvalue weighted by Gasteiger charge is 2.21. The number of nitrogen functional groups attached to an aromatic ring is 1. The highest BCUT2D eigenvalue weighted by Crippen LogP contribution is 2.41. The fraction of sp³-hybridized carbons (Fsp3) is 0.0714. The van der Waals surface area contributed by atoms with E-state index in [1.54, 1.807) is 18.5 Å². The topological polar surface area (TPSA) is 96.3 Å². The molecule has 0 radical (unpaired) electrons. The third kappa shape index (κ3) is 1.86. The third-order valence-corrected chi connectivity index (χ3v) is 3.24. The second-order valence-corrected chi connectivity index (χ2v) is 4.47. The first-order valence-corrected chi connectivity index (χ1v) is 6.25. The van der Waals surface area contributed by atoms with Gasteiger partial charge in [0.2, 0.25) is 12.7 Å². The zero-order valence-electron chi connectivity index (χ0n) is 10.8. The van der Waals surface area contributed by atoms with Crippen molar-refractivity contribution in [3.05, 3.63) is 36.7 Å². The molecule has 21 heavy (non-hydrogen) atoms. The summed E-state index contributed by atoms with van der Waals surface area (Å²) in [5, 5.41) is 11.6. The number of anilines is 1. The van der Waals surface area contributed by atoms with Gasteiger partial charge in [-0.3, -0.25) is 0 Å². The van der Waals surface area contributed by atoms with Crippen LogP contribution < -0.4 is 15.2 Å². The molecular formula is C14H10N4O3. The molecule has 2 N–H and O–H groups in total. The van der Waals surface area contributed by atoms with Gasteiger partial charge in [0, 0.05) is 5.56 Å². The second-order valence-electron chi connectivity index (χ2n) is 4.47. The molecule has 0 atom stereocenters. The van der Waals surface area contributed by atoms with Gasteiger partial charge in [0.15, 0.2) is 11.5 Å². The molecule has 2 aromatic heterocycles. The molecule has 7 nitrogen and oxygen atoms in total. The lowest BCUT2D eigenvalue weighted by atomic mass is 10.0. The van der Waals surface area contributed by atoms with E-state index >= 15 is 0 Å². The highest BCUT2D eigenvalue weighted by molar-refractivity contribution is 5.87. The van der Waals surface area contributed by atoms with Crippen molar-refractivity contribution in [3.8, 4) is 33.9 Å². The Kier molecular flexibility index (Phi) is 2.50. The molecule has 1 aromatic carbocycles. The standard InChI is InChI=1S/C14H10N4O3/c15-14-12(8-1-2-10-11(5-8)20-7-19-10)13(18-21-14)9-3-4-16-17-6-9/h1-6H,7,15H2. The molecule has 1 aliphatic heterocycles. The van der Waals surface area contributed by atoms with Crippen molar-refractivity contribution in [3.63, 3.8) is 0 Å². The fourth-order valence-corrected chi connectivity index (χ4v) is 2.26. The quantitative estimate of drug-likeness (QED) is 0.768. The number of nitrogens with zero attached hydrogens (tertiary/aromatic N) is 3. The van der Waals surface area contributed by atoms with E-state index in [1.807, 2.05) is 18.2 Å². The van der Waals surface area contributed by atoms with Crippen LogP contribution in [0.25, 0.3) is 22.4 Å². The third-order valence-electron chi connectivity index (χ3n) is 3.24. The minimum Gasteiger partial charge on any atom is -0.454 e. The number of aromatic nitrogens is 3. The van der Waals surface area contributed by atoms with Crippen molar-refractivity contribution >= 4 is 5.88 Å². The number of fused-ring (bicyclic) bond motifs is 1. The van der Waals surface area contributed by atoms with Gasteiger partial charge in [0.05, 0.1) is 18.0 Å². The summed E-state index contributed by atoms with van der Waals surface area (Å²) in [5.74, 6) is 1.62. The zero-order chi connectivity index (χ0) is 14.2. The summed E-state index contributed by atoms with van der Waals surface area (Å²) < 4.78 is 15.8. The molecule has 1 aliphatic rings. The predicted octanol–water partition coefficient (Wildman–Crippen LogP) is 2.11. The molecule has 0 saturated heterocycles. The van der Waals surface area contributed by atoms with Gasteiger partial charge >= 0.3 is 0 Å². The average Bonchev–Trinajstić information content (AvgIpc) is 3.13. The van der Waals surface area contributed by atoms with E-state index in [9.17, 15) is 0 Å². The van der Waals surface area contributed by atoms with Crippen LogP contribution in [0.3, 0.4) is 0 Å². The van der Waals surface area contributed by atoms with Crippen LogP contribution in [-0.4, -0.2) is 22.1 Å². The Balaban J connectivity index is 1.87. The molecule has 0 spiro atoms. The van der Waals surface area contributed by atoms with Crippen LogP contribution in [0.4, 0.5) is 5.88 Å². The average molecular weight is 282 g/mol. The Morgan fingerprint density at radius 3 is 2.76 bits per heavy atom. The normalized spacial score (nSPS) is 12.6. The minimum atomic E-state index is 0.221. The van der Waals surface area contributed by atoms with Crippen LogP contribution in [0, 0.1) is 0 Å². The predicted molar refractivity (Wildman–Crippen MR) is 73.5 cm³/mol. The Morgan fingerprint density at radius 1 is 1.00 bits per heavy atom. The lowest BCUT2D eigenvalue weighted by Gasteiger charge is -2.04. The molecule has 4 rings (SSSR count). The Bertz CT molecular complexity index is 801. The Hall–Kier alpha value is -3.09. The van der Waals surface area contributed by atoms with Gasteiger partial charge < -0.3 is 19.7 Å². The number of ether oxygens (including phenoxy) is 2. The van der Waals surface area contributed by atoms with Crippen LogP contribution in [-0.2, 0) is 0 Å². The smallest absolute Gasteiger partial charge is 0.231 e. The molecule has 3 heterocycles. The van der Waals surface area contributed by atoms with Gasteiger partial charge in [-0.05, 0) is 23.8 Å². The summed E-state index contributed by atoms with van der Waals surface area (Å²) in [6.45, 7) is 0.221. The second kappa shape index (κ2) is 4.48. The van der Waals surface area contributed by atoms with Crippen molar-refractivity contribution < 1.29 is 14.0 Å². The highest BCUT2D eigenvalue weighted by atomic mass is 16.7. The van der Waals surface area contributed by atoms with Crippen molar-refractivity contribution in [2.75, 3.05) is 12.5 Å². The summed E-state index contributed by atoms with van der Waals surface area (Å²) in [4.78, 5) is 0. The van der Waals surface area contributed by atoms with Crippen LogP contribution >= 0.6 is 0 Å². The van der Waals surface area contributed by atoms with E-state index in [4.69, 9.17) is 19.7 Å². The van der Waals surface area contributed by atoms with E-state index < -0.39 is 0 Å². The van der Waals surface area contributed by atoms with Crippen molar-refractivity contribution in [2.24, 2.45) is 0 Å². The van der Waals surface area contributed by atoms with Crippen molar-refractivity contribution in [1.82, 2.24) is 15.4 Å². The lowest BCUT2D eigenvalue weighted by molar-refractivity contribution is 0.174. The van der Waals surface area contributed by atoms with Crippen LogP contribution in [0.5, 0.6) is 11.5 Å². The minimum absolute atomic E-state index is 0.221. The summed E-state index contributed by atoms with van der Waals surface area (Å²) in [6, 6.07) is 7.36. The summed E-state index contributed by atoms with van der Waals surface area (Å²) in [5.41, 5.74) is 8.84. The van der Waals surface area contributed by atoms with E-state index in [0.717, 1.165) is 11.1 Å². The maximum Gasteiger partial charge on any atom is 0.231 e. The van der Waals surface area contributed by atoms with Crippen LogP contribution in [0.2, 0.25) is 0 Å². The molecule has 0 saturated carbocycles. The zero-order valence-corrected chi connectivity index (χ0v) is 10.8. The van der Waals surface area contributed by atoms with Gasteiger partial charge in [-0.25, -0.2) is 0 Å². The van der Waals surface area contributed by atoms with Crippen molar-refractivity contribution in [1.29, 1.82) is 0 Å². The Morgan fingerprint density at radius 2 is 1.90 bits per heavy atom. The monoisotopic (exact) mass is 282 g/mol. The van der Waals surface area contributed by atoms with E-state index in [-0.39, 0.29) is 12.7 Å². The van der Waals surface area contributed by atoms with Gasteiger partial charge in [-0.2, -0.15) is 10.2 Å². The number of hydrogen-bond donors (Lipinski definition) is 1. The van der Waals surface area contributed by atoms with Gasteiger partial charge in [0.1, 0.15) is 5.69 Å². The SMILES string of the molecule is Nc1onc(-c2ccnnc2)c1-c1ccc2c(c1)OCO2. The molecule has 104 valence electrons. The van der Waals surface area contributed by atoms with E-state index in [1.165, 1.54) is 0 Å². The van der Waals surface area contributed by atoms with E-state index in [2.05, 4.69) is 15.4 Å². The number of rotatable bonds is 2. The molecule has 0 bridgehead atoms.